The highest BCUT2D eigenvalue weighted by atomic mass is 19.4. The zero-order valence-corrected chi connectivity index (χ0v) is 12.7. The van der Waals surface area contributed by atoms with Crippen LogP contribution in [0.1, 0.15) is 48.0 Å². The van der Waals surface area contributed by atoms with E-state index >= 15 is 0 Å². The molecule has 0 aromatic heterocycles. The van der Waals surface area contributed by atoms with Gasteiger partial charge in [0.1, 0.15) is 5.54 Å². The number of benzene rings is 1. The normalized spacial score (nSPS) is 17.6. The number of hydrogen-bond acceptors (Lipinski definition) is 2. The number of carbonyl (C=O) groups excluding carboxylic acids is 1. The number of aliphatic carboxylic acids is 1. The maximum absolute atomic E-state index is 12.6. The van der Waals surface area contributed by atoms with E-state index in [2.05, 4.69) is 0 Å². The second-order valence-electron chi connectivity index (χ2n) is 5.84. The average molecular weight is 329 g/mol. The van der Waals surface area contributed by atoms with Gasteiger partial charge in [0.05, 0.1) is 5.56 Å². The molecule has 1 N–H and O–H groups in total. The highest BCUT2D eigenvalue weighted by Crippen LogP contribution is 2.34. The van der Waals surface area contributed by atoms with E-state index in [1.807, 2.05) is 0 Å². The topological polar surface area (TPSA) is 57.6 Å². The molecule has 1 saturated carbocycles. The van der Waals surface area contributed by atoms with Gasteiger partial charge >= 0.3 is 12.1 Å². The van der Waals surface area contributed by atoms with Crippen LogP contribution in [-0.2, 0) is 11.0 Å². The van der Waals surface area contributed by atoms with E-state index in [4.69, 9.17) is 0 Å². The minimum atomic E-state index is -4.47. The SMILES string of the molecule is CN(C(=O)c1ccc(C(F)(F)F)cc1)C1(C(=O)O)CCCCC1. The lowest BCUT2D eigenvalue weighted by molar-refractivity contribution is -0.151. The van der Waals surface area contributed by atoms with Crippen molar-refractivity contribution >= 4 is 11.9 Å². The predicted octanol–water partition coefficient (Wildman–Crippen LogP) is 3.56. The number of hydrogen-bond donors (Lipinski definition) is 1. The smallest absolute Gasteiger partial charge is 0.416 e. The van der Waals surface area contributed by atoms with Gasteiger partial charge in [-0.1, -0.05) is 19.3 Å². The van der Waals surface area contributed by atoms with Crippen LogP contribution in [0.15, 0.2) is 24.3 Å². The van der Waals surface area contributed by atoms with Crippen LogP contribution in [0.25, 0.3) is 0 Å². The monoisotopic (exact) mass is 329 g/mol. The summed E-state index contributed by atoms with van der Waals surface area (Å²) in [5.74, 6) is -1.65. The van der Waals surface area contributed by atoms with Gasteiger partial charge in [-0.3, -0.25) is 4.79 Å². The largest absolute Gasteiger partial charge is 0.479 e. The lowest BCUT2D eigenvalue weighted by Crippen LogP contribution is -2.56. The van der Waals surface area contributed by atoms with E-state index in [0.717, 1.165) is 35.6 Å². The Kier molecular flexibility index (Phi) is 4.68. The fraction of sp³-hybridized carbons (Fsp3) is 0.500. The number of carbonyl (C=O) groups is 2. The number of amides is 1. The summed E-state index contributed by atoms with van der Waals surface area (Å²) in [5, 5.41) is 9.56. The Morgan fingerprint density at radius 1 is 1.09 bits per heavy atom. The zero-order valence-electron chi connectivity index (χ0n) is 12.7. The van der Waals surface area contributed by atoms with E-state index in [1.165, 1.54) is 7.05 Å². The summed E-state index contributed by atoms with van der Waals surface area (Å²) in [5.41, 5.74) is -2.08. The molecule has 1 aromatic carbocycles. The lowest BCUT2D eigenvalue weighted by atomic mass is 9.80. The Morgan fingerprint density at radius 2 is 1.61 bits per heavy atom. The minimum Gasteiger partial charge on any atom is -0.479 e. The third-order valence-corrected chi connectivity index (χ3v) is 4.48. The molecule has 0 atom stereocenters. The summed E-state index contributed by atoms with van der Waals surface area (Å²) >= 11 is 0. The molecule has 0 aliphatic heterocycles. The second kappa shape index (κ2) is 6.22. The van der Waals surface area contributed by atoms with E-state index in [-0.39, 0.29) is 5.56 Å². The van der Waals surface area contributed by atoms with Gasteiger partial charge in [0.15, 0.2) is 0 Å². The molecule has 4 nitrogen and oxygen atoms in total. The summed E-state index contributed by atoms with van der Waals surface area (Å²) in [6.07, 6.45) is -1.44. The number of rotatable bonds is 3. The molecule has 126 valence electrons. The Labute approximate surface area is 131 Å². The van der Waals surface area contributed by atoms with Crippen LogP contribution in [0.4, 0.5) is 13.2 Å². The van der Waals surface area contributed by atoms with Crippen molar-refractivity contribution in [3.63, 3.8) is 0 Å². The average Bonchev–Trinajstić information content (AvgIpc) is 2.53. The second-order valence-corrected chi connectivity index (χ2v) is 5.84. The van der Waals surface area contributed by atoms with Crippen LogP contribution in [0.3, 0.4) is 0 Å². The molecule has 1 amide bonds. The number of alkyl halides is 3. The first-order valence-corrected chi connectivity index (χ1v) is 7.37. The summed E-state index contributed by atoms with van der Waals surface area (Å²) in [7, 11) is 1.40. The van der Waals surface area contributed by atoms with Gasteiger partial charge in [-0.25, -0.2) is 4.79 Å². The van der Waals surface area contributed by atoms with Gasteiger partial charge in [0.25, 0.3) is 5.91 Å². The van der Waals surface area contributed by atoms with Gasteiger partial charge in [-0.2, -0.15) is 13.2 Å². The van der Waals surface area contributed by atoms with Crippen molar-refractivity contribution in [2.24, 2.45) is 0 Å². The molecule has 23 heavy (non-hydrogen) atoms. The first kappa shape index (κ1) is 17.3. The van der Waals surface area contributed by atoms with Gasteiger partial charge in [-0.15, -0.1) is 0 Å². The number of likely N-dealkylation sites (N-methyl/N-ethyl adjacent to an activating group) is 1. The molecule has 0 radical (unpaired) electrons. The first-order valence-electron chi connectivity index (χ1n) is 7.37. The van der Waals surface area contributed by atoms with Gasteiger partial charge < -0.3 is 10.0 Å². The lowest BCUT2D eigenvalue weighted by Gasteiger charge is -2.41. The Morgan fingerprint density at radius 3 is 2.04 bits per heavy atom. The first-order chi connectivity index (χ1) is 10.7. The van der Waals surface area contributed by atoms with Gasteiger partial charge in [-0.05, 0) is 37.1 Å². The molecule has 0 heterocycles. The summed E-state index contributed by atoms with van der Waals surface area (Å²) in [4.78, 5) is 25.4. The zero-order chi connectivity index (χ0) is 17.3. The van der Waals surface area contributed by atoms with Gasteiger partial charge in [0, 0.05) is 12.6 Å². The standard InChI is InChI=1S/C16H18F3NO3/c1-20(15(14(22)23)9-3-2-4-10-15)13(21)11-5-7-12(8-6-11)16(17,18)19/h5-8H,2-4,9-10H2,1H3,(H,22,23). The molecule has 1 fully saturated rings. The van der Waals surface area contributed by atoms with Crippen molar-refractivity contribution in [3.05, 3.63) is 35.4 Å². The Hall–Kier alpha value is -2.05. The molecular weight excluding hydrogens is 311 g/mol. The Balaban J connectivity index is 2.26. The molecule has 2 rings (SSSR count). The quantitative estimate of drug-likeness (QED) is 0.922. The fourth-order valence-corrected chi connectivity index (χ4v) is 3.02. The van der Waals surface area contributed by atoms with E-state index < -0.39 is 29.2 Å². The fourth-order valence-electron chi connectivity index (χ4n) is 3.02. The van der Waals surface area contributed by atoms with Crippen LogP contribution in [0.5, 0.6) is 0 Å². The number of carboxylic acids is 1. The summed E-state index contributed by atoms with van der Waals surface area (Å²) < 4.78 is 37.7. The van der Waals surface area contributed by atoms with Crippen molar-refractivity contribution < 1.29 is 27.9 Å². The van der Waals surface area contributed by atoms with Crippen molar-refractivity contribution in [2.75, 3.05) is 7.05 Å². The molecular formula is C16H18F3NO3. The molecule has 0 unspecified atom stereocenters. The number of carboxylic acid groups (broad SMARTS) is 1. The van der Waals surface area contributed by atoms with Gasteiger partial charge in [0.2, 0.25) is 0 Å². The van der Waals surface area contributed by atoms with Crippen molar-refractivity contribution in [1.82, 2.24) is 4.90 Å². The highest BCUT2D eigenvalue weighted by molar-refractivity contribution is 5.97. The molecule has 7 heteroatoms. The van der Waals surface area contributed by atoms with Crippen LogP contribution in [-0.4, -0.2) is 34.5 Å². The third-order valence-electron chi connectivity index (χ3n) is 4.48. The van der Waals surface area contributed by atoms with E-state index in [0.29, 0.717) is 25.7 Å². The highest BCUT2D eigenvalue weighted by Gasteiger charge is 2.45. The summed E-state index contributed by atoms with van der Waals surface area (Å²) in [6.45, 7) is 0. The molecule has 1 aliphatic carbocycles. The van der Waals surface area contributed by atoms with Crippen molar-refractivity contribution in [2.45, 2.75) is 43.8 Å². The van der Waals surface area contributed by atoms with Crippen LogP contribution < -0.4 is 0 Å². The predicted molar refractivity (Wildman–Crippen MR) is 77.0 cm³/mol. The van der Waals surface area contributed by atoms with Crippen LogP contribution in [0.2, 0.25) is 0 Å². The van der Waals surface area contributed by atoms with Crippen LogP contribution >= 0.6 is 0 Å². The van der Waals surface area contributed by atoms with Crippen LogP contribution in [0, 0.1) is 0 Å². The molecule has 0 bridgehead atoms. The molecule has 0 saturated heterocycles. The van der Waals surface area contributed by atoms with E-state index in [1.54, 1.807) is 0 Å². The number of halogens is 3. The molecule has 0 spiro atoms. The summed E-state index contributed by atoms with van der Waals surface area (Å²) in [6, 6.07) is 3.82. The third kappa shape index (κ3) is 3.33. The van der Waals surface area contributed by atoms with E-state index in [9.17, 15) is 27.9 Å². The maximum Gasteiger partial charge on any atom is 0.416 e. The minimum absolute atomic E-state index is 0.0479. The Bertz CT molecular complexity index is 590. The van der Waals surface area contributed by atoms with Crippen molar-refractivity contribution in [3.8, 4) is 0 Å². The molecule has 1 aliphatic rings. The van der Waals surface area contributed by atoms with Crippen molar-refractivity contribution in [1.29, 1.82) is 0 Å². The number of nitrogens with zero attached hydrogens (tertiary/aromatic N) is 1. The molecule has 1 aromatic rings. The maximum atomic E-state index is 12.6.